The molecule has 0 aliphatic heterocycles. The van der Waals surface area contributed by atoms with Gasteiger partial charge < -0.3 is 48.3 Å². The molecule has 0 fully saturated rings. The summed E-state index contributed by atoms with van der Waals surface area (Å²) in [6.07, 6.45) is 20.4. The number of rotatable bonds is 35. The van der Waals surface area contributed by atoms with Crippen molar-refractivity contribution in [3.05, 3.63) is 191 Å². The number of aromatic carboxylic acids is 4. The van der Waals surface area contributed by atoms with Crippen LogP contribution in [0, 0.1) is 0 Å². The largest absolute Gasteiger partial charge is 0.545 e. The van der Waals surface area contributed by atoms with E-state index in [0.717, 1.165) is 24.1 Å². The van der Waals surface area contributed by atoms with E-state index >= 15 is 0 Å². The lowest BCUT2D eigenvalue weighted by Crippen LogP contribution is -2.46. The molecule has 0 saturated heterocycles. The molecular formula is C73H103N3O8S4. The minimum atomic E-state index is -1.20. The number of nitrogens with zero attached hydrogens (tertiary/aromatic N) is 3. The fourth-order valence-corrected chi connectivity index (χ4v) is 13.4. The molecule has 0 aromatic heterocycles. The Morgan fingerprint density at radius 1 is 0.341 bits per heavy atom. The van der Waals surface area contributed by atoms with Crippen LogP contribution in [0.2, 0.25) is 0 Å². The molecule has 0 aliphatic carbocycles. The van der Waals surface area contributed by atoms with E-state index in [-0.39, 0.29) is 22.3 Å². The average Bonchev–Trinajstić information content (AvgIpc) is 3.75. The summed E-state index contributed by atoms with van der Waals surface area (Å²) in [5.74, 6) is -4.55. The maximum Gasteiger partial charge on any atom is 0.335 e. The van der Waals surface area contributed by atoms with E-state index in [1.165, 1.54) is 248 Å². The van der Waals surface area contributed by atoms with Crippen LogP contribution in [0.1, 0.15) is 191 Å². The van der Waals surface area contributed by atoms with Crippen LogP contribution in [0.25, 0.3) is 0 Å². The monoisotopic (exact) mass is 1280 g/mol. The van der Waals surface area contributed by atoms with Gasteiger partial charge in [-0.25, -0.2) is 4.79 Å². The Bertz CT molecular complexity index is 2490. The summed E-state index contributed by atoms with van der Waals surface area (Å²) < 4.78 is 3.52. The lowest BCUT2D eigenvalue weighted by Gasteiger charge is -2.35. The molecule has 1 N–H and O–H groups in total. The van der Waals surface area contributed by atoms with Gasteiger partial charge in [-0.3, -0.25) is 0 Å². The van der Waals surface area contributed by atoms with Crippen molar-refractivity contribution in [2.75, 3.05) is 67.0 Å². The third-order valence-corrected chi connectivity index (χ3v) is 20.6. The molecule has 0 heterocycles. The maximum atomic E-state index is 10.7. The van der Waals surface area contributed by atoms with E-state index in [1.807, 2.05) is 0 Å². The first kappa shape index (κ1) is 78.6. The van der Waals surface area contributed by atoms with Gasteiger partial charge in [-0.2, -0.15) is 0 Å². The molecule has 0 atom stereocenters. The number of carboxylic acids is 4. The molecule has 11 nitrogen and oxygen atoms in total. The maximum absolute atomic E-state index is 10.7. The van der Waals surface area contributed by atoms with Gasteiger partial charge in [0, 0.05) is 30.7 Å². The summed E-state index contributed by atoms with van der Waals surface area (Å²) in [6.45, 7) is 27.0. The highest BCUT2D eigenvalue weighted by Gasteiger charge is 2.22. The van der Waals surface area contributed by atoms with E-state index in [9.17, 15) is 34.5 Å². The molecular weight excluding hydrogens is 1180 g/mol. The first-order valence-electron chi connectivity index (χ1n) is 31.8. The topological polar surface area (TPSA) is 158 Å². The normalized spacial score (nSPS) is 11.1. The minimum absolute atomic E-state index is 0.137. The van der Waals surface area contributed by atoms with E-state index < -0.39 is 23.9 Å². The van der Waals surface area contributed by atoms with Gasteiger partial charge in [0.2, 0.25) is 0 Å². The molecule has 15 heteroatoms. The number of unbranched alkanes of at least 4 members (excludes halogenated alkanes) is 13. The number of carboxylic acid groups (broad SMARTS) is 4. The molecule has 6 aromatic rings. The van der Waals surface area contributed by atoms with Crippen LogP contribution in [0.3, 0.4) is 0 Å². The summed E-state index contributed by atoms with van der Waals surface area (Å²) in [4.78, 5) is 46.1. The number of carbonyl (C=O) groups is 4. The number of hydrogen-bond donors (Lipinski definition) is 1. The third-order valence-electron chi connectivity index (χ3n) is 15.8. The SMILES string of the molecule is CCCCCCCCCCCCCCCC[N+](C)(C)C.CC[N+](CC)(CC)Cc1ccccc1.CC[N+](CC)(CC)Cc1ccccc1.O=C([O-])c1ccc(SSc2ccc(C(=O)O)cc2)cc1.O=C([O-])c1ccc(SSc2ccc(C(=O)[O-])cc2)cc1. The van der Waals surface area contributed by atoms with E-state index in [0.29, 0.717) is 0 Å². The van der Waals surface area contributed by atoms with Crippen molar-refractivity contribution in [3.8, 4) is 0 Å². The molecule has 0 saturated carbocycles. The molecule has 0 spiro atoms. The smallest absolute Gasteiger partial charge is 0.335 e. The number of carbonyl (C=O) groups excluding carboxylic acids is 3. The Balaban J connectivity index is 0.000000378. The van der Waals surface area contributed by atoms with Crippen LogP contribution < -0.4 is 15.3 Å². The van der Waals surface area contributed by atoms with E-state index in [2.05, 4.69) is 130 Å². The Labute approximate surface area is 545 Å². The van der Waals surface area contributed by atoms with Gasteiger partial charge in [-0.05, 0) is 132 Å². The lowest BCUT2D eigenvalue weighted by atomic mass is 10.0. The zero-order chi connectivity index (χ0) is 65.1. The third kappa shape index (κ3) is 34.5. The first-order chi connectivity index (χ1) is 42.2. The summed E-state index contributed by atoms with van der Waals surface area (Å²) >= 11 is 0. The van der Waals surface area contributed by atoms with Crippen molar-refractivity contribution >= 4 is 67.1 Å². The van der Waals surface area contributed by atoms with Crippen LogP contribution in [0.4, 0.5) is 0 Å². The van der Waals surface area contributed by atoms with Gasteiger partial charge in [0.25, 0.3) is 0 Å². The van der Waals surface area contributed by atoms with E-state index in [4.69, 9.17) is 5.11 Å². The van der Waals surface area contributed by atoms with Crippen LogP contribution in [0.15, 0.2) is 177 Å². The predicted molar refractivity (Wildman–Crippen MR) is 366 cm³/mol. The second-order valence-corrected chi connectivity index (χ2v) is 27.6. The molecule has 0 bridgehead atoms. The Morgan fingerprint density at radius 2 is 0.580 bits per heavy atom. The fourth-order valence-electron chi connectivity index (χ4n) is 9.52. The van der Waals surface area contributed by atoms with E-state index in [1.54, 1.807) is 60.7 Å². The minimum Gasteiger partial charge on any atom is -0.545 e. The second-order valence-electron chi connectivity index (χ2n) is 23.1. The second kappa shape index (κ2) is 45.7. The molecule has 6 rings (SSSR count). The highest BCUT2D eigenvalue weighted by Crippen LogP contribution is 2.38. The number of quaternary nitrogens is 3. The molecule has 0 radical (unpaired) electrons. The Kier molecular flexibility index (Phi) is 40.8. The van der Waals surface area contributed by atoms with Gasteiger partial charge in [-0.1, -0.05) is 224 Å². The van der Waals surface area contributed by atoms with Crippen molar-refractivity contribution in [3.63, 3.8) is 0 Å². The fraction of sp³-hybridized carbons (Fsp3) is 0.452. The molecule has 0 amide bonds. The molecule has 0 aliphatic rings. The average molecular weight is 1280 g/mol. The van der Waals surface area contributed by atoms with Gasteiger partial charge in [-0.15, -0.1) is 0 Å². The lowest BCUT2D eigenvalue weighted by molar-refractivity contribution is -0.936. The van der Waals surface area contributed by atoms with Gasteiger partial charge >= 0.3 is 5.97 Å². The Morgan fingerprint density at radius 3 is 0.795 bits per heavy atom. The van der Waals surface area contributed by atoms with Crippen LogP contribution in [0.5, 0.6) is 0 Å². The Hall–Kier alpha value is -5.52. The van der Waals surface area contributed by atoms with Gasteiger partial charge in [0.1, 0.15) is 13.1 Å². The predicted octanol–water partition coefficient (Wildman–Crippen LogP) is 16.1. The standard InChI is InChI=1S/C19H42N.2C14H10O4S2.2C13H22N/c1-5-6-7-8-9-10-11-12-13-14-15-16-17-18-19-20(2,3)4;2*15-13(16)9-1-5-11(6-2-9)19-20-12-7-3-10(4-8-12)14(17)18;2*1-4-14(5-2,6-3)12-13-10-8-7-9-11-13/h5-19H2,1-4H3;2*1-8H,(H,15,16)(H,17,18);2*7-11H,4-6,12H2,1-3H3/q+1;;;2*+1/p-3. The molecule has 88 heavy (non-hydrogen) atoms. The summed E-state index contributed by atoms with van der Waals surface area (Å²) in [5.41, 5.74) is 3.58. The summed E-state index contributed by atoms with van der Waals surface area (Å²) in [7, 11) is 12.7. The van der Waals surface area contributed by atoms with Crippen LogP contribution >= 0.6 is 43.2 Å². The van der Waals surface area contributed by atoms with Gasteiger partial charge in [0.05, 0.1) is 90.4 Å². The number of hydrogen-bond acceptors (Lipinski definition) is 11. The highest BCUT2D eigenvalue weighted by atomic mass is 33.1. The summed E-state index contributed by atoms with van der Waals surface area (Å²) in [5, 5.41) is 40.6. The van der Waals surface area contributed by atoms with Crippen molar-refractivity contribution < 1.29 is 53.1 Å². The van der Waals surface area contributed by atoms with Crippen LogP contribution in [-0.2, 0) is 13.1 Å². The molecule has 0 unspecified atom stereocenters. The van der Waals surface area contributed by atoms with Gasteiger partial charge in [0.15, 0.2) is 0 Å². The molecule has 6 aromatic carbocycles. The first-order valence-corrected chi connectivity index (χ1v) is 36.1. The van der Waals surface area contributed by atoms with Crippen LogP contribution in [-0.4, -0.2) is 109 Å². The highest BCUT2D eigenvalue weighted by molar-refractivity contribution is 8.77. The zero-order valence-corrected chi connectivity index (χ0v) is 57.8. The van der Waals surface area contributed by atoms with Crippen molar-refractivity contribution in [1.29, 1.82) is 0 Å². The van der Waals surface area contributed by atoms with Crippen molar-refractivity contribution in [2.45, 2.75) is 171 Å². The summed E-state index contributed by atoms with van der Waals surface area (Å²) in [6, 6.07) is 47.3. The van der Waals surface area contributed by atoms with Crippen molar-refractivity contribution in [2.24, 2.45) is 0 Å². The van der Waals surface area contributed by atoms with Crippen molar-refractivity contribution in [1.82, 2.24) is 0 Å². The quantitative estimate of drug-likeness (QED) is 0.0228. The molecule has 482 valence electrons. The zero-order valence-electron chi connectivity index (χ0n) is 54.6. The number of benzene rings is 6.